The monoisotopic (exact) mass is 479 g/mol. The van der Waals surface area contributed by atoms with Crippen molar-refractivity contribution in [3.63, 3.8) is 0 Å². The lowest BCUT2D eigenvalue weighted by molar-refractivity contribution is -0.0111. The van der Waals surface area contributed by atoms with E-state index in [9.17, 15) is 0 Å². The summed E-state index contributed by atoms with van der Waals surface area (Å²) >= 11 is 0. The van der Waals surface area contributed by atoms with E-state index >= 15 is 0 Å². The van der Waals surface area contributed by atoms with E-state index in [1.165, 1.54) is 0 Å². The molecular formula is C19H36BN2O5PS2. The van der Waals surface area contributed by atoms with Crippen LogP contribution in [0.5, 0.6) is 0 Å². The van der Waals surface area contributed by atoms with Gasteiger partial charge in [-0.2, -0.15) is 0 Å². The van der Waals surface area contributed by atoms with Gasteiger partial charge < -0.3 is 28.5 Å². The van der Waals surface area contributed by atoms with Gasteiger partial charge in [0.25, 0.3) is 8.53 Å². The van der Waals surface area contributed by atoms with Crippen molar-refractivity contribution >= 4 is 38.0 Å². The molecule has 0 bridgehead atoms. The molecule has 1 heterocycles. The van der Waals surface area contributed by atoms with E-state index in [-0.39, 0.29) is 36.6 Å². The van der Waals surface area contributed by atoms with Crippen LogP contribution in [0, 0.1) is 6.57 Å². The zero-order valence-electron chi connectivity index (χ0n) is 20.1. The SMILES string of the molecule is [2H]OC[C@H]1O[C@@H]([B])[C@@H](OCSSC(C)(C)C)C1OP(OCC[N+]#[C-])N(C(C)C)C(C)C. The quantitative estimate of drug-likeness (QED) is 0.1000. The molecule has 1 rings (SSSR count). The molecule has 1 aliphatic heterocycles. The second-order valence-corrected chi connectivity index (χ2v) is 12.9. The summed E-state index contributed by atoms with van der Waals surface area (Å²) in [6.07, 6.45) is -1.63. The minimum Gasteiger partial charge on any atom is -0.394 e. The highest BCUT2D eigenvalue weighted by Crippen LogP contribution is 2.49. The fourth-order valence-corrected chi connectivity index (χ4v) is 6.65. The summed E-state index contributed by atoms with van der Waals surface area (Å²) < 4.78 is 33.8. The van der Waals surface area contributed by atoms with Gasteiger partial charge in [0.1, 0.15) is 38.7 Å². The van der Waals surface area contributed by atoms with Crippen LogP contribution in [0.2, 0.25) is 0 Å². The molecule has 0 saturated carbocycles. The van der Waals surface area contributed by atoms with Gasteiger partial charge in [0, 0.05) is 22.8 Å². The Bertz CT molecular complexity index is 548. The molecule has 1 N–H and O–H groups in total. The fraction of sp³-hybridized carbons (Fsp3) is 0.947. The topological polar surface area (TPSA) is 64.8 Å². The highest BCUT2D eigenvalue weighted by Gasteiger charge is 2.46. The molecule has 1 aliphatic rings. The molecule has 7 nitrogen and oxygen atoms in total. The van der Waals surface area contributed by atoms with E-state index in [0.29, 0.717) is 5.94 Å². The molecule has 0 amide bonds. The van der Waals surface area contributed by atoms with Crippen LogP contribution in [0.3, 0.4) is 0 Å². The predicted octanol–water partition coefficient (Wildman–Crippen LogP) is 4.06. The van der Waals surface area contributed by atoms with Gasteiger partial charge in [-0.25, -0.2) is 11.2 Å². The van der Waals surface area contributed by atoms with Gasteiger partial charge in [0.05, 0.1) is 6.61 Å². The van der Waals surface area contributed by atoms with Gasteiger partial charge in [0.15, 0.2) is 0 Å². The number of hydrogen-bond acceptors (Lipinski definition) is 8. The van der Waals surface area contributed by atoms with E-state index in [4.69, 9.17) is 34.4 Å². The molecule has 2 radical (unpaired) electrons. The molecule has 30 heavy (non-hydrogen) atoms. The zero-order valence-corrected chi connectivity index (χ0v) is 21.6. The van der Waals surface area contributed by atoms with Crippen molar-refractivity contribution < 1.29 is 23.6 Å². The summed E-state index contributed by atoms with van der Waals surface area (Å²) in [5, 5.41) is 4.60. The van der Waals surface area contributed by atoms with Crippen molar-refractivity contribution in [3.05, 3.63) is 11.4 Å². The molecule has 0 aromatic carbocycles. The Labute approximate surface area is 194 Å². The average Bonchev–Trinajstić information content (AvgIpc) is 2.92. The van der Waals surface area contributed by atoms with Gasteiger partial charge in [-0.05, 0) is 27.7 Å². The second kappa shape index (κ2) is 13.9. The molecule has 0 aromatic rings. The summed E-state index contributed by atoms with van der Waals surface area (Å²) in [7, 11) is 8.04. The van der Waals surface area contributed by atoms with E-state index in [0.717, 1.165) is 0 Å². The van der Waals surface area contributed by atoms with Crippen LogP contribution >= 0.6 is 30.1 Å². The minimum absolute atomic E-state index is 0.0106. The van der Waals surface area contributed by atoms with Crippen molar-refractivity contribution in [2.24, 2.45) is 0 Å². The van der Waals surface area contributed by atoms with Crippen molar-refractivity contribution in [1.29, 1.82) is 1.43 Å². The standard InChI is InChI=1S/C19H36BN2O5PS2/c1-13(2)22(14(3)4)28(25-10-9-21-8)27-16-15(11-23)26-18(20)17(16)24-12-29-30-19(5,6)7/h13-18,23H,9-12H2,1-7H3/t15-,16?,17+,18-,28?/m1/s1/i23D. The minimum atomic E-state index is -1.50. The zero-order chi connectivity index (χ0) is 23.6. The van der Waals surface area contributed by atoms with E-state index in [1.54, 1.807) is 21.6 Å². The molecule has 11 heteroatoms. The Hall–Kier alpha value is 0.445. The van der Waals surface area contributed by atoms with Crippen LogP contribution in [-0.2, 0) is 18.5 Å². The Balaban J connectivity index is 2.97. The number of aliphatic hydroxyl groups is 1. The third-order valence-corrected chi connectivity index (χ3v) is 9.11. The first-order chi connectivity index (χ1) is 14.5. The first kappa shape index (κ1) is 26.7. The van der Waals surface area contributed by atoms with Crippen molar-refractivity contribution in [2.75, 3.05) is 25.7 Å². The molecule has 0 aromatic heterocycles. The Kier molecular flexibility index (Phi) is 12.3. The van der Waals surface area contributed by atoms with Crippen LogP contribution < -0.4 is 0 Å². The largest absolute Gasteiger partial charge is 0.394 e. The van der Waals surface area contributed by atoms with Crippen molar-refractivity contribution in [2.45, 2.75) is 89.6 Å². The van der Waals surface area contributed by atoms with Crippen molar-refractivity contribution in [1.82, 2.24) is 4.67 Å². The lowest BCUT2D eigenvalue weighted by Gasteiger charge is -2.38. The van der Waals surface area contributed by atoms with Crippen LogP contribution in [0.1, 0.15) is 48.5 Å². The molecule has 1 fully saturated rings. The number of nitrogens with zero attached hydrogens (tertiary/aromatic N) is 2. The Morgan fingerprint density at radius 2 is 1.97 bits per heavy atom. The maximum atomic E-state index is 7.17. The van der Waals surface area contributed by atoms with Gasteiger partial charge in [0.2, 0.25) is 7.98 Å². The second-order valence-electron chi connectivity index (χ2n) is 8.46. The number of hydrogen-bond donors (Lipinski definition) is 1. The molecule has 0 spiro atoms. The smallest absolute Gasteiger partial charge is 0.259 e. The molecule has 172 valence electrons. The maximum absolute atomic E-state index is 7.17. The number of rotatable bonds is 14. The normalized spacial score (nSPS) is 26.4. The fourth-order valence-electron chi connectivity index (χ4n) is 2.91. The number of ether oxygens (including phenoxy) is 2. The number of aliphatic hydroxyl groups excluding tert-OH is 1. The molecule has 5 atom stereocenters. The Morgan fingerprint density at radius 3 is 2.50 bits per heavy atom. The summed E-state index contributed by atoms with van der Waals surface area (Å²) in [5.41, 5.74) is 0. The van der Waals surface area contributed by atoms with Crippen LogP contribution in [0.25, 0.3) is 4.85 Å². The van der Waals surface area contributed by atoms with E-state index < -0.39 is 32.8 Å². The summed E-state index contributed by atoms with van der Waals surface area (Å²) in [5.74, 6) is 0.423. The van der Waals surface area contributed by atoms with Crippen LogP contribution in [-0.4, -0.2) is 85.9 Å². The van der Waals surface area contributed by atoms with Crippen LogP contribution in [0.4, 0.5) is 0 Å². The third-order valence-electron chi connectivity index (χ3n) is 3.99. The van der Waals surface area contributed by atoms with Gasteiger partial charge in [-0.1, -0.05) is 42.4 Å². The van der Waals surface area contributed by atoms with Gasteiger partial charge >= 0.3 is 0 Å². The lowest BCUT2D eigenvalue weighted by atomic mass is 9.93. The molecule has 1 saturated heterocycles. The van der Waals surface area contributed by atoms with Crippen LogP contribution in [0.15, 0.2) is 0 Å². The maximum Gasteiger partial charge on any atom is 0.259 e. The Morgan fingerprint density at radius 1 is 1.30 bits per heavy atom. The molecule has 0 aliphatic carbocycles. The summed E-state index contributed by atoms with van der Waals surface area (Å²) in [6.45, 7) is 22.3. The van der Waals surface area contributed by atoms with Crippen molar-refractivity contribution in [3.8, 4) is 0 Å². The summed E-state index contributed by atoms with van der Waals surface area (Å²) in [4.78, 5) is 3.37. The van der Waals surface area contributed by atoms with E-state index in [1.807, 2.05) is 0 Å². The lowest BCUT2D eigenvalue weighted by Crippen LogP contribution is -2.41. The summed E-state index contributed by atoms with van der Waals surface area (Å²) in [6, 6.07) is -0.366. The molecular weight excluding hydrogens is 442 g/mol. The average molecular weight is 479 g/mol. The predicted molar refractivity (Wildman–Crippen MR) is 128 cm³/mol. The molecule has 2 unspecified atom stereocenters. The van der Waals surface area contributed by atoms with E-state index in [2.05, 4.69) is 63.1 Å². The first-order valence-electron chi connectivity index (χ1n) is 10.5. The third kappa shape index (κ3) is 9.52. The first-order valence-corrected chi connectivity index (χ1v) is 13.6. The highest BCUT2D eigenvalue weighted by molar-refractivity contribution is 8.77. The van der Waals surface area contributed by atoms with Gasteiger partial charge in [-0.15, -0.1) is 0 Å². The highest BCUT2D eigenvalue weighted by atomic mass is 33.1. The van der Waals surface area contributed by atoms with Gasteiger partial charge in [-0.3, -0.25) is 0 Å².